The Kier molecular flexibility index (Phi) is 6.96. The van der Waals surface area contributed by atoms with Crippen LogP contribution in [0.15, 0.2) is 11.6 Å². The summed E-state index contributed by atoms with van der Waals surface area (Å²) in [7, 11) is 0. The van der Waals surface area contributed by atoms with Crippen molar-refractivity contribution in [2.24, 2.45) is 50.7 Å². The van der Waals surface area contributed by atoms with Crippen molar-refractivity contribution in [3.05, 3.63) is 11.6 Å². The van der Waals surface area contributed by atoms with Gasteiger partial charge in [-0.2, -0.15) is 0 Å². The second-order valence-electron chi connectivity index (χ2n) is 17.9. The third-order valence-electron chi connectivity index (χ3n) is 15.8. The van der Waals surface area contributed by atoms with E-state index < -0.39 is 59.6 Å². The lowest BCUT2D eigenvalue weighted by molar-refractivity contribution is -0.372. The van der Waals surface area contributed by atoms with Gasteiger partial charge in [-0.3, -0.25) is 4.79 Å². The number of hydrogen-bond acceptors (Lipinski definition) is 7. The van der Waals surface area contributed by atoms with Gasteiger partial charge in [0.2, 0.25) is 0 Å². The molecule has 5 N–H and O–H groups in total. The fourth-order valence-corrected chi connectivity index (χ4v) is 12.9. The van der Waals surface area contributed by atoms with Crippen molar-refractivity contribution in [3.63, 3.8) is 0 Å². The van der Waals surface area contributed by atoms with Crippen LogP contribution < -0.4 is 0 Å². The predicted molar refractivity (Wildman–Crippen MR) is 164 cm³/mol. The molecule has 5 aliphatic carbocycles. The van der Waals surface area contributed by atoms with Gasteiger partial charge in [0.15, 0.2) is 6.10 Å². The van der Waals surface area contributed by atoms with Crippen molar-refractivity contribution in [2.45, 2.75) is 148 Å². The summed E-state index contributed by atoms with van der Waals surface area (Å²) in [5.41, 5.74) is 0.382. The van der Waals surface area contributed by atoms with E-state index in [9.17, 15) is 35.1 Å². The largest absolute Gasteiger partial charge is 0.481 e. The van der Waals surface area contributed by atoms with E-state index in [4.69, 9.17) is 9.47 Å². The van der Waals surface area contributed by atoms with Crippen LogP contribution in [0.3, 0.4) is 0 Å². The number of aliphatic hydroxyl groups excluding tert-OH is 3. The van der Waals surface area contributed by atoms with Gasteiger partial charge >= 0.3 is 11.9 Å². The maximum atomic E-state index is 12.9. The highest BCUT2D eigenvalue weighted by molar-refractivity contribution is 5.76. The molecular weight excluding hydrogens is 576 g/mol. The van der Waals surface area contributed by atoms with Gasteiger partial charge in [0, 0.05) is 5.92 Å². The zero-order valence-corrected chi connectivity index (χ0v) is 27.8. The van der Waals surface area contributed by atoms with Crippen LogP contribution in [0.4, 0.5) is 0 Å². The van der Waals surface area contributed by atoms with Crippen LogP contribution >= 0.6 is 0 Å². The van der Waals surface area contributed by atoms with E-state index in [0.29, 0.717) is 5.92 Å². The Morgan fingerprint density at radius 1 is 0.800 bits per heavy atom. The first kappa shape index (κ1) is 32.0. The molecule has 15 atom stereocenters. The third-order valence-corrected chi connectivity index (χ3v) is 15.8. The molecule has 9 heteroatoms. The van der Waals surface area contributed by atoms with Gasteiger partial charge < -0.3 is 35.0 Å². The zero-order chi connectivity index (χ0) is 32.7. The highest BCUT2D eigenvalue weighted by Gasteiger charge is 2.73. The van der Waals surface area contributed by atoms with Crippen LogP contribution in [-0.2, 0) is 19.1 Å². The summed E-state index contributed by atoms with van der Waals surface area (Å²) in [6.07, 6.45) is 3.57. The third kappa shape index (κ3) is 3.97. The van der Waals surface area contributed by atoms with Crippen molar-refractivity contribution < 1.29 is 44.6 Å². The van der Waals surface area contributed by atoms with E-state index in [1.54, 1.807) is 0 Å². The zero-order valence-electron chi connectivity index (χ0n) is 27.8. The Bertz CT molecular complexity index is 1310. The van der Waals surface area contributed by atoms with Gasteiger partial charge in [0.1, 0.15) is 24.4 Å². The van der Waals surface area contributed by atoms with Gasteiger partial charge in [-0.1, -0.05) is 46.3 Å². The molecule has 0 aromatic heterocycles. The average molecular weight is 631 g/mol. The summed E-state index contributed by atoms with van der Waals surface area (Å²) in [6, 6.07) is 0. The molecule has 0 spiro atoms. The van der Waals surface area contributed by atoms with Crippen LogP contribution in [0, 0.1) is 50.7 Å². The lowest BCUT2D eigenvalue weighted by Gasteiger charge is -2.74. The van der Waals surface area contributed by atoms with Crippen molar-refractivity contribution in [1.29, 1.82) is 0 Å². The molecule has 2 aliphatic heterocycles. The minimum Gasteiger partial charge on any atom is -0.481 e. The Labute approximate surface area is 266 Å². The average Bonchev–Trinajstić information content (AvgIpc) is 2.94. The Hall–Kier alpha value is -1.52. The van der Waals surface area contributed by atoms with Crippen LogP contribution in [0.1, 0.15) is 106 Å². The van der Waals surface area contributed by atoms with Crippen molar-refractivity contribution in [3.8, 4) is 0 Å². The van der Waals surface area contributed by atoms with Gasteiger partial charge in [-0.15, -0.1) is 0 Å². The van der Waals surface area contributed by atoms with Crippen LogP contribution in [-0.4, -0.2) is 79.7 Å². The molecule has 2 saturated heterocycles. The van der Waals surface area contributed by atoms with Gasteiger partial charge in [-0.05, 0) is 111 Å². The van der Waals surface area contributed by atoms with Gasteiger partial charge in [-0.25, -0.2) is 4.79 Å². The lowest BCUT2D eigenvalue weighted by atomic mass is 9.33. The summed E-state index contributed by atoms with van der Waals surface area (Å²) in [4.78, 5) is 24.7. The molecule has 0 aromatic rings. The van der Waals surface area contributed by atoms with Gasteiger partial charge in [0.05, 0.1) is 17.1 Å². The summed E-state index contributed by atoms with van der Waals surface area (Å²) in [5.74, 6) is -1.19. The molecule has 0 bridgehead atoms. The first-order valence-electron chi connectivity index (χ1n) is 17.4. The lowest BCUT2D eigenvalue weighted by Crippen LogP contribution is -2.76. The highest BCUT2D eigenvalue weighted by Crippen LogP contribution is 2.76. The highest BCUT2D eigenvalue weighted by atomic mass is 16.6. The monoisotopic (exact) mass is 630 g/mol. The summed E-state index contributed by atoms with van der Waals surface area (Å²) in [5, 5.41) is 51.8. The van der Waals surface area contributed by atoms with Crippen LogP contribution in [0.2, 0.25) is 0 Å². The number of carbonyl (C=O) groups is 2. The molecule has 2 heterocycles. The minimum absolute atomic E-state index is 0.00717. The Morgan fingerprint density at radius 2 is 1.49 bits per heavy atom. The van der Waals surface area contributed by atoms with Crippen molar-refractivity contribution in [1.82, 2.24) is 0 Å². The number of ether oxygens (including phenoxy) is 2. The quantitative estimate of drug-likeness (QED) is 0.283. The fraction of sp³-hybridized carbons (Fsp3) is 0.889. The standard InChI is InChI=1S/C36H54O9/c1-31(2)13-15-36(30(42)43)16-14-33(4)18(20(36)17-31)7-8-21-32(3)11-9-19-26(45-35(19,6)22(32)10-12-34(21,33)5)27-24(38)23(37)25(39)28(44-27)29(40)41/h7,19-28,37-39H,8-17H2,1-6H3,(H,40,41)(H,42,43)/t19?,20?,21?,22?,23?,24?,25-,26+,27+,28?,32+,33+,34+,35+,36-/m0/s1. The predicted octanol–water partition coefficient (Wildman–Crippen LogP) is 4.55. The first-order valence-corrected chi connectivity index (χ1v) is 17.4. The molecule has 0 aromatic carbocycles. The molecule has 252 valence electrons. The van der Waals surface area contributed by atoms with Crippen molar-refractivity contribution >= 4 is 11.9 Å². The molecule has 6 fully saturated rings. The fourth-order valence-electron chi connectivity index (χ4n) is 12.9. The Morgan fingerprint density at radius 3 is 2.16 bits per heavy atom. The molecule has 4 saturated carbocycles. The first-order chi connectivity index (χ1) is 20.9. The van der Waals surface area contributed by atoms with E-state index in [1.165, 1.54) is 5.57 Å². The molecule has 0 amide bonds. The van der Waals surface area contributed by atoms with E-state index in [2.05, 4.69) is 47.6 Å². The second-order valence-corrected chi connectivity index (χ2v) is 17.9. The summed E-state index contributed by atoms with van der Waals surface area (Å²) < 4.78 is 12.4. The number of allylic oxidation sites excluding steroid dienone is 2. The second kappa shape index (κ2) is 9.77. The maximum absolute atomic E-state index is 12.9. The van der Waals surface area contributed by atoms with Crippen LogP contribution in [0.5, 0.6) is 0 Å². The number of aliphatic hydroxyl groups is 3. The number of aliphatic carboxylic acids is 2. The summed E-state index contributed by atoms with van der Waals surface area (Å²) in [6.45, 7) is 14.2. The molecule has 7 aliphatic rings. The molecule has 7 unspecified atom stereocenters. The molecule has 0 radical (unpaired) electrons. The SMILES string of the molecule is CC1(C)CC[C@]2(C(=O)O)CC[C@]3(C)C(=CCC4[C@@]5(C)CCC6[C@H]([C@@H]7OC(C(=O)O)[C@@H](O)C(O)C7O)O[C@@]6(C)C5CC[C@]43C)C2C1. The van der Waals surface area contributed by atoms with E-state index in [-0.39, 0.29) is 39.4 Å². The van der Waals surface area contributed by atoms with Crippen LogP contribution in [0.25, 0.3) is 0 Å². The molecule has 7 rings (SSSR count). The topological polar surface area (TPSA) is 154 Å². The maximum Gasteiger partial charge on any atom is 0.335 e. The van der Waals surface area contributed by atoms with Crippen molar-refractivity contribution in [2.75, 3.05) is 0 Å². The normalized spacial score (nSPS) is 56.6. The minimum atomic E-state index is -1.71. The van der Waals surface area contributed by atoms with E-state index >= 15 is 0 Å². The molecule has 45 heavy (non-hydrogen) atoms. The van der Waals surface area contributed by atoms with E-state index in [1.807, 2.05) is 0 Å². The van der Waals surface area contributed by atoms with Gasteiger partial charge in [0.25, 0.3) is 0 Å². The summed E-state index contributed by atoms with van der Waals surface area (Å²) >= 11 is 0. The number of fused-ring (bicyclic) bond motifs is 9. The number of rotatable bonds is 3. The Balaban J connectivity index is 1.18. The van der Waals surface area contributed by atoms with E-state index in [0.717, 1.165) is 64.2 Å². The smallest absolute Gasteiger partial charge is 0.335 e. The number of carboxylic acids is 2. The number of carboxylic acid groups (broad SMARTS) is 2. The number of hydrogen-bond donors (Lipinski definition) is 5. The molecule has 9 nitrogen and oxygen atoms in total. The molecular formula is C36H54O9.